The maximum Gasteiger partial charge on any atom is 0.329 e. The fourth-order valence-corrected chi connectivity index (χ4v) is 5.72. The van der Waals surface area contributed by atoms with E-state index in [0.717, 1.165) is 22.3 Å². The van der Waals surface area contributed by atoms with Crippen LogP contribution in [0, 0.1) is 0 Å². The third-order valence-corrected chi connectivity index (χ3v) is 8.39. The Hall–Kier alpha value is -5.23. The van der Waals surface area contributed by atoms with Crippen molar-refractivity contribution in [3.05, 3.63) is 71.3 Å². The second-order valence-electron chi connectivity index (χ2n) is 13.3. The summed E-state index contributed by atoms with van der Waals surface area (Å²) in [4.78, 5) is 54.2. The molecule has 0 aliphatic carbocycles. The van der Waals surface area contributed by atoms with Crippen LogP contribution in [-0.4, -0.2) is 117 Å². The Labute approximate surface area is 327 Å². The van der Waals surface area contributed by atoms with Gasteiger partial charge in [-0.05, 0) is 67.9 Å². The number of nitrogens with one attached hydrogen (secondary N) is 2. The molecule has 0 bridgehead atoms. The highest BCUT2D eigenvalue weighted by atomic mass is 17.1. The minimum absolute atomic E-state index is 0.0137. The van der Waals surface area contributed by atoms with Crippen LogP contribution in [-0.2, 0) is 47.3 Å². The van der Waals surface area contributed by atoms with Crippen LogP contribution in [0.3, 0.4) is 0 Å². The maximum absolute atomic E-state index is 14.3. The topological polar surface area (TPSA) is 280 Å². The number of aromatic amines is 1. The van der Waals surface area contributed by atoms with E-state index < -0.39 is 46.7 Å². The molecule has 7 N–H and O–H groups in total. The van der Waals surface area contributed by atoms with Crippen LogP contribution < -0.4 is 5.32 Å². The van der Waals surface area contributed by atoms with E-state index in [-0.39, 0.29) is 57.2 Å². The Morgan fingerprint density at radius 1 is 0.877 bits per heavy atom. The molecule has 21 heteroatoms. The zero-order valence-corrected chi connectivity index (χ0v) is 31.9. The molecular formula is C36H49N9O12. The SMILES string of the molecule is CCCc1nc(C(C)(C)O)c(C(=O)N[C@@H](CC(=O)OCCCCON(O)O)C(=O)OCCCCON(O)O)n1Cc1ccc(-c2ccccc2-c2nn[nH]n2)cc1. The summed E-state index contributed by atoms with van der Waals surface area (Å²) in [6.07, 6.45) is 1.65. The standard InChI is InChI=1S/C36H49N9O12/c1-4-11-29-38-32(36(2,3)49)31(43(29)23-24-14-16-25(17-15-24)26-12-5-6-13-27(26)33-39-41-42-40-33)34(47)37-28(35(48)55-19-8-10-21-57-45(52)53)22-30(46)54-18-7-9-20-56-44(50)51/h5-6,12-17,28,49-53H,4,7-11,18-23H2,1-3H3,(H,37,47)(H,39,40,41,42)/t28-/m0/s1. The van der Waals surface area contributed by atoms with E-state index in [1.54, 1.807) is 4.57 Å². The van der Waals surface area contributed by atoms with Gasteiger partial charge < -0.3 is 24.5 Å². The van der Waals surface area contributed by atoms with Gasteiger partial charge in [0.25, 0.3) is 5.91 Å². The molecule has 0 spiro atoms. The van der Waals surface area contributed by atoms with Gasteiger partial charge in [0, 0.05) is 18.5 Å². The molecule has 2 aromatic carbocycles. The van der Waals surface area contributed by atoms with Crippen LogP contribution in [0.4, 0.5) is 0 Å². The Bertz CT molecular complexity index is 1860. The first kappa shape index (κ1) is 44.5. The van der Waals surface area contributed by atoms with Gasteiger partial charge in [0.05, 0.1) is 43.6 Å². The van der Waals surface area contributed by atoms with E-state index in [1.807, 2.05) is 55.5 Å². The number of rotatable bonds is 24. The van der Waals surface area contributed by atoms with Crippen LogP contribution >= 0.6 is 0 Å². The van der Waals surface area contributed by atoms with Crippen molar-refractivity contribution < 1.29 is 59.5 Å². The molecule has 0 aliphatic rings. The Balaban J connectivity index is 1.58. The van der Waals surface area contributed by atoms with Gasteiger partial charge in [-0.15, -0.1) is 10.2 Å². The maximum atomic E-state index is 14.3. The summed E-state index contributed by atoms with van der Waals surface area (Å²) in [7, 11) is 0. The molecule has 0 saturated heterocycles. The quantitative estimate of drug-likeness (QED) is 0.0304. The second kappa shape index (κ2) is 21.9. The summed E-state index contributed by atoms with van der Waals surface area (Å²) in [6.45, 7) is 4.72. The highest BCUT2D eigenvalue weighted by Gasteiger charge is 2.34. The number of ether oxygens (including phenoxy) is 2. The van der Waals surface area contributed by atoms with Gasteiger partial charge in [-0.3, -0.25) is 40.1 Å². The van der Waals surface area contributed by atoms with Crippen LogP contribution in [0.5, 0.6) is 0 Å². The van der Waals surface area contributed by atoms with E-state index in [9.17, 15) is 19.5 Å². The summed E-state index contributed by atoms with van der Waals surface area (Å²) in [5.74, 6) is -1.60. The largest absolute Gasteiger partial charge is 0.466 e. The van der Waals surface area contributed by atoms with E-state index in [0.29, 0.717) is 37.3 Å². The minimum Gasteiger partial charge on any atom is -0.466 e. The molecule has 57 heavy (non-hydrogen) atoms. The summed E-state index contributed by atoms with van der Waals surface area (Å²) in [5, 5.41) is 62.0. The van der Waals surface area contributed by atoms with Crippen molar-refractivity contribution in [1.82, 2.24) is 46.3 Å². The van der Waals surface area contributed by atoms with Crippen molar-refractivity contribution in [3.8, 4) is 22.5 Å². The smallest absolute Gasteiger partial charge is 0.329 e. The molecule has 4 aromatic rings. The Morgan fingerprint density at radius 2 is 1.49 bits per heavy atom. The molecule has 0 fully saturated rings. The normalized spacial score (nSPS) is 12.2. The number of hydrogen-bond donors (Lipinski definition) is 7. The zero-order chi connectivity index (χ0) is 41.4. The lowest BCUT2D eigenvalue weighted by molar-refractivity contribution is -0.492. The number of tetrazole rings is 1. The molecule has 310 valence electrons. The number of esters is 2. The van der Waals surface area contributed by atoms with Crippen molar-refractivity contribution in [2.45, 2.75) is 83.9 Å². The van der Waals surface area contributed by atoms with Gasteiger partial charge in [-0.25, -0.2) is 9.78 Å². The minimum atomic E-state index is -1.59. The van der Waals surface area contributed by atoms with Crippen molar-refractivity contribution in [2.75, 3.05) is 26.4 Å². The number of aromatic nitrogens is 6. The molecular weight excluding hydrogens is 750 g/mol. The van der Waals surface area contributed by atoms with Crippen LogP contribution in [0.25, 0.3) is 22.5 Å². The molecule has 21 nitrogen and oxygen atoms in total. The predicted octanol–water partition coefficient (Wildman–Crippen LogP) is 3.12. The van der Waals surface area contributed by atoms with Crippen molar-refractivity contribution >= 4 is 17.8 Å². The molecule has 0 radical (unpaired) electrons. The number of aryl methyl sites for hydroxylation is 1. The van der Waals surface area contributed by atoms with E-state index in [1.165, 1.54) is 13.8 Å². The lowest BCUT2D eigenvalue weighted by atomic mass is 9.98. The molecule has 0 saturated carbocycles. The monoisotopic (exact) mass is 799 g/mol. The highest BCUT2D eigenvalue weighted by Crippen LogP contribution is 2.31. The first-order valence-corrected chi connectivity index (χ1v) is 18.3. The lowest BCUT2D eigenvalue weighted by Crippen LogP contribution is -2.45. The summed E-state index contributed by atoms with van der Waals surface area (Å²) >= 11 is 0. The fourth-order valence-electron chi connectivity index (χ4n) is 5.72. The highest BCUT2D eigenvalue weighted by molar-refractivity contribution is 5.97. The molecule has 0 unspecified atom stereocenters. The third kappa shape index (κ3) is 13.7. The first-order valence-electron chi connectivity index (χ1n) is 18.3. The molecule has 2 aromatic heterocycles. The average Bonchev–Trinajstić information content (AvgIpc) is 3.83. The van der Waals surface area contributed by atoms with Gasteiger partial charge in [0.1, 0.15) is 28.9 Å². The molecule has 4 rings (SSSR count). The number of carbonyl (C=O) groups excluding carboxylic acids is 3. The third-order valence-electron chi connectivity index (χ3n) is 8.39. The van der Waals surface area contributed by atoms with Crippen LogP contribution in [0.15, 0.2) is 48.5 Å². The van der Waals surface area contributed by atoms with Gasteiger partial charge in [-0.1, -0.05) is 55.5 Å². The summed E-state index contributed by atoms with van der Waals surface area (Å²) in [5.41, 5.74) is 1.80. The van der Waals surface area contributed by atoms with Gasteiger partial charge >= 0.3 is 11.9 Å². The number of carbonyl (C=O) groups is 3. The number of H-pyrrole nitrogens is 1. The number of unbranched alkanes of at least 4 members (excludes halogenated alkanes) is 2. The number of benzene rings is 2. The average molecular weight is 800 g/mol. The molecule has 1 atom stereocenters. The van der Waals surface area contributed by atoms with Gasteiger partial charge in [0.2, 0.25) is 5.82 Å². The summed E-state index contributed by atoms with van der Waals surface area (Å²) in [6, 6.07) is 13.8. The van der Waals surface area contributed by atoms with Crippen molar-refractivity contribution in [1.29, 1.82) is 0 Å². The van der Waals surface area contributed by atoms with E-state index >= 15 is 0 Å². The fraction of sp³-hybridized carbons (Fsp3) is 0.472. The van der Waals surface area contributed by atoms with Gasteiger partial charge in [0.15, 0.2) is 0 Å². The zero-order valence-electron chi connectivity index (χ0n) is 31.9. The van der Waals surface area contributed by atoms with E-state index in [4.69, 9.17) is 35.3 Å². The number of hydrogen-bond acceptors (Lipinski definition) is 18. The van der Waals surface area contributed by atoms with Crippen molar-refractivity contribution in [2.24, 2.45) is 0 Å². The molecule has 2 heterocycles. The molecule has 1 amide bonds. The number of aliphatic hydroxyl groups is 1. The van der Waals surface area contributed by atoms with Gasteiger partial charge in [-0.2, -0.15) is 5.21 Å². The van der Waals surface area contributed by atoms with Crippen molar-refractivity contribution in [3.63, 3.8) is 0 Å². The first-order chi connectivity index (χ1) is 27.3. The summed E-state index contributed by atoms with van der Waals surface area (Å²) < 4.78 is 12.3. The number of amides is 1. The Kier molecular flexibility index (Phi) is 17.1. The number of nitrogens with zero attached hydrogens (tertiary/aromatic N) is 7. The second-order valence-corrected chi connectivity index (χ2v) is 13.3. The van der Waals surface area contributed by atoms with Crippen LogP contribution in [0.2, 0.25) is 0 Å². The predicted molar refractivity (Wildman–Crippen MR) is 195 cm³/mol. The van der Waals surface area contributed by atoms with E-state index in [2.05, 4.69) is 35.6 Å². The lowest BCUT2D eigenvalue weighted by Gasteiger charge is -2.21. The Morgan fingerprint density at radius 3 is 2.07 bits per heavy atom. The number of imidazole rings is 1. The van der Waals surface area contributed by atoms with Crippen LogP contribution in [0.1, 0.15) is 86.9 Å². The molecule has 0 aliphatic heterocycles.